The molecule has 0 aromatic heterocycles. The molecule has 16 heavy (non-hydrogen) atoms. The molecule has 0 spiro atoms. The van der Waals surface area contributed by atoms with E-state index in [1.165, 1.54) is 12.8 Å². The smallest absolute Gasteiger partial charge is 0.234 e. The molecule has 4 heteroatoms. The van der Waals surface area contributed by atoms with Crippen molar-refractivity contribution in [3.63, 3.8) is 0 Å². The number of amides is 1. The van der Waals surface area contributed by atoms with Crippen LogP contribution in [0.15, 0.2) is 0 Å². The van der Waals surface area contributed by atoms with Crippen LogP contribution in [0, 0.1) is 5.92 Å². The third-order valence-corrected chi connectivity index (χ3v) is 3.67. The van der Waals surface area contributed by atoms with Crippen molar-refractivity contribution in [2.75, 3.05) is 32.7 Å². The number of nitrogens with zero attached hydrogens (tertiary/aromatic N) is 1. The van der Waals surface area contributed by atoms with Crippen LogP contribution in [0.2, 0.25) is 0 Å². The minimum atomic E-state index is 0.197. The van der Waals surface area contributed by atoms with Crippen LogP contribution in [-0.4, -0.2) is 49.6 Å². The van der Waals surface area contributed by atoms with Gasteiger partial charge in [0.05, 0.1) is 6.54 Å². The molecule has 1 atom stereocenters. The summed E-state index contributed by atoms with van der Waals surface area (Å²) in [5.74, 6) is 1.03. The number of carbonyl (C=O) groups is 1. The lowest BCUT2D eigenvalue weighted by atomic mass is 9.99. The fourth-order valence-electron chi connectivity index (χ4n) is 2.47. The SMILES string of the molecule is CC1CCN(CC(=O)NC2CCNC2)CC1. The molecule has 92 valence electrons. The molecule has 0 aliphatic carbocycles. The van der Waals surface area contributed by atoms with Crippen molar-refractivity contribution in [3.05, 3.63) is 0 Å². The minimum Gasteiger partial charge on any atom is -0.351 e. The maximum atomic E-state index is 11.8. The molecule has 0 saturated carbocycles. The van der Waals surface area contributed by atoms with Gasteiger partial charge in [-0.25, -0.2) is 0 Å². The molecular formula is C12H23N3O. The highest BCUT2D eigenvalue weighted by Gasteiger charge is 2.20. The summed E-state index contributed by atoms with van der Waals surface area (Å²) < 4.78 is 0. The van der Waals surface area contributed by atoms with Gasteiger partial charge in [0.1, 0.15) is 0 Å². The summed E-state index contributed by atoms with van der Waals surface area (Å²) in [6, 6.07) is 0.358. The normalized spacial score (nSPS) is 28.2. The molecular weight excluding hydrogens is 202 g/mol. The minimum absolute atomic E-state index is 0.197. The van der Waals surface area contributed by atoms with Crippen molar-refractivity contribution in [1.29, 1.82) is 0 Å². The monoisotopic (exact) mass is 225 g/mol. The van der Waals surface area contributed by atoms with Crippen LogP contribution in [0.3, 0.4) is 0 Å². The maximum Gasteiger partial charge on any atom is 0.234 e. The number of carbonyl (C=O) groups excluding carboxylic acids is 1. The van der Waals surface area contributed by atoms with E-state index in [0.717, 1.165) is 38.5 Å². The number of nitrogens with one attached hydrogen (secondary N) is 2. The van der Waals surface area contributed by atoms with Crippen molar-refractivity contribution < 1.29 is 4.79 Å². The van der Waals surface area contributed by atoms with Crippen molar-refractivity contribution in [3.8, 4) is 0 Å². The Labute approximate surface area is 97.8 Å². The van der Waals surface area contributed by atoms with Crippen LogP contribution >= 0.6 is 0 Å². The van der Waals surface area contributed by atoms with Crippen LogP contribution in [0.5, 0.6) is 0 Å². The topological polar surface area (TPSA) is 44.4 Å². The Morgan fingerprint density at radius 1 is 1.38 bits per heavy atom. The molecule has 2 N–H and O–H groups in total. The maximum absolute atomic E-state index is 11.8. The molecule has 2 aliphatic rings. The van der Waals surface area contributed by atoms with E-state index in [-0.39, 0.29) is 5.91 Å². The second-order valence-corrected chi connectivity index (χ2v) is 5.22. The van der Waals surface area contributed by atoms with Crippen molar-refractivity contribution in [1.82, 2.24) is 15.5 Å². The summed E-state index contributed by atoms with van der Waals surface area (Å²) in [5, 5.41) is 6.35. The van der Waals surface area contributed by atoms with Gasteiger partial charge in [0.15, 0.2) is 0 Å². The first-order valence-corrected chi connectivity index (χ1v) is 6.46. The van der Waals surface area contributed by atoms with E-state index in [4.69, 9.17) is 0 Å². The van der Waals surface area contributed by atoms with Gasteiger partial charge in [-0.15, -0.1) is 0 Å². The van der Waals surface area contributed by atoms with Crippen LogP contribution in [0.25, 0.3) is 0 Å². The number of hydrogen-bond donors (Lipinski definition) is 2. The van der Waals surface area contributed by atoms with E-state index in [2.05, 4.69) is 22.5 Å². The third kappa shape index (κ3) is 3.46. The first-order valence-electron chi connectivity index (χ1n) is 6.46. The standard InChI is InChI=1S/C12H23N3O/c1-10-3-6-15(7-4-10)9-12(16)14-11-2-5-13-8-11/h10-11,13H,2-9H2,1H3,(H,14,16). The average Bonchev–Trinajstić information content (AvgIpc) is 2.74. The van der Waals surface area contributed by atoms with Gasteiger partial charge in [-0.05, 0) is 44.8 Å². The van der Waals surface area contributed by atoms with Crippen molar-refractivity contribution >= 4 is 5.91 Å². The molecule has 0 bridgehead atoms. The Kier molecular flexibility index (Phi) is 4.18. The highest BCUT2D eigenvalue weighted by Crippen LogP contribution is 2.15. The molecule has 1 amide bonds. The highest BCUT2D eigenvalue weighted by molar-refractivity contribution is 5.78. The molecule has 0 aromatic rings. The lowest BCUT2D eigenvalue weighted by molar-refractivity contribution is -0.123. The second kappa shape index (κ2) is 5.64. The van der Waals surface area contributed by atoms with Gasteiger partial charge in [0.2, 0.25) is 5.91 Å². The molecule has 2 aliphatic heterocycles. The molecule has 2 fully saturated rings. The fraction of sp³-hybridized carbons (Fsp3) is 0.917. The van der Waals surface area contributed by atoms with Gasteiger partial charge in [-0.3, -0.25) is 9.69 Å². The van der Waals surface area contributed by atoms with E-state index in [9.17, 15) is 4.79 Å². The molecule has 0 aromatic carbocycles. The summed E-state index contributed by atoms with van der Waals surface area (Å²) in [4.78, 5) is 14.0. The molecule has 1 unspecified atom stereocenters. The number of piperidine rings is 1. The number of hydrogen-bond acceptors (Lipinski definition) is 3. The Morgan fingerprint density at radius 2 is 2.12 bits per heavy atom. The summed E-state index contributed by atoms with van der Waals surface area (Å²) in [7, 11) is 0. The van der Waals surface area contributed by atoms with E-state index in [1.807, 2.05) is 0 Å². The first kappa shape index (κ1) is 11.9. The van der Waals surface area contributed by atoms with Crippen molar-refractivity contribution in [2.24, 2.45) is 5.92 Å². The van der Waals surface area contributed by atoms with E-state index >= 15 is 0 Å². The van der Waals surface area contributed by atoms with Gasteiger partial charge in [-0.1, -0.05) is 6.92 Å². The van der Waals surface area contributed by atoms with Gasteiger partial charge in [0.25, 0.3) is 0 Å². The first-order chi connectivity index (χ1) is 7.74. The van der Waals surface area contributed by atoms with Crippen LogP contribution in [-0.2, 0) is 4.79 Å². The predicted octanol–water partition coefficient (Wildman–Crippen LogP) is 0.196. The summed E-state index contributed by atoms with van der Waals surface area (Å²) in [6.07, 6.45) is 3.54. The summed E-state index contributed by atoms with van der Waals surface area (Å²) in [5.41, 5.74) is 0. The fourth-order valence-corrected chi connectivity index (χ4v) is 2.47. The number of likely N-dealkylation sites (tertiary alicyclic amines) is 1. The van der Waals surface area contributed by atoms with E-state index in [0.29, 0.717) is 12.6 Å². The Balaban J connectivity index is 1.66. The molecule has 2 rings (SSSR count). The van der Waals surface area contributed by atoms with Gasteiger partial charge < -0.3 is 10.6 Å². The van der Waals surface area contributed by atoms with Gasteiger partial charge in [-0.2, -0.15) is 0 Å². The van der Waals surface area contributed by atoms with Gasteiger partial charge in [0, 0.05) is 12.6 Å². The average molecular weight is 225 g/mol. The van der Waals surface area contributed by atoms with Crippen molar-refractivity contribution in [2.45, 2.75) is 32.2 Å². The second-order valence-electron chi connectivity index (χ2n) is 5.22. The van der Waals surface area contributed by atoms with Crippen LogP contribution in [0.4, 0.5) is 0 Å². The third-order valence-electron chi connectivity index (χ3n) is 3.67. The summed E-state index contributed by atoms with van der Waals surface area (Å²) in [6.45, 7) is 7.01. The zero-order valence-corrected chi connectivity index (χ0v) is 10.2. The van der Waals surface area contributed by atoms with Gasteiger partial charge >= 0.3 is 0 Å². The Bertz CT molecular complexity index is 230. The van der Waals surface area contributed by atoms with E-state index in [1.54, 1.807) is 0 Å². The Hall–Kier alpha value is -0.610. The Morgan fingerprint density at radius 3 is 2.75 bits per heavy atom. The quantitative estimate of drug-likeness (QED) is 0.721. The summed E-state index contributed by atoms with van der Waals surface area (Å²) >= 11 is 0. The largest absolute Gasteiger partial charge is 0.351 e. The zero-order valence-electron chi connectivity index (χ0n) is 10.2. The van der Waals surface area contributed by atoms with E-state index < -0.39 is 0 Å². The predicted molar refractivity (Wildman–Crippen MR) is 64.3 cm³/mol. The zero-order chi connectivity index (χ0) is 11.4. The lowest BCUT2D eigenvalue weighted by Gasteiger charge is -2.29. The molecule has 2 saturated heterocycles. The highest BCUT2D eigenvalue weighted by atomic mass is 16.2. The molecule has 2 heterocycles. The molecule has 0 radical (unpaired) electrons. The van der Waals surface area contributed by atoms with Crippen LogP contribution < -0.4 is 10.6 Å². The molecule has 4 nitrogen and oxygen atoms in total. The van der Waals surface area contributed by atoms with Crippen LogP contribution in [0.1, 0.15) is 26.2 Å². The number of rotatable bonds is 3. The lowest BCUT2D eigenvalue weighted by Crippen LogP contribution is -2.45.